The van der Waals surface area contributed by atoms with Gasteiger partial charge < -0.3 is 18.9 Å². The second kappa shape index (κ2) is 13.7. The van der Waals surface area contributed by atoms with Crippen molar-refractivity contribution in [2.45, 2.75) is 25.7 Å². The van der Waals surface area contributed by atoms with Gasteiger partial charge in [0.25, 0.3) is 0 Å². The predicted octanol–water partition coefficient (Wildman–Crippen LogP) is 5.18. The zero-order valence-corrected chi connectivity index (χ0v) is 26.2. The van der Waals surface area contributed by atoms with Crippen molar-refractivity contribution in [3.8, 4) is 17.4 Å². The third-order valence-corrected chi connectivity index (χ3v) is 8.61. The summed E-state index contributed by atoms with van der Waals surface area (Å²) in [6.45, 7) is 3.23. The van der Waals surface area contributed by atoms with E-state index < -0.39 is 0 Å². The molecule has 0 atom stereocenters. The maximum absolute atomic E-state index is 14.3. The SMILES string of the molecule is COC(=O)CN1CC=C(c2ccc3c(c2)n(C2COC2)c(=O)n3-c2ccc(OCc3ccccc3)nc2OCc2ccccc2)CC1. The van der Waals surface area contributed by atoms with Crippen LogP contribution in [0.2, 0.25) is 0 Å². The molecular formula is C37H36N4O6. The van der Waals surface area contributed by atoms with Gasteiger partial charge in [0.1, 0.15) is 18.9 Å². The third kappa shape index (κ3) is 6.56. The average molecular weight is 633 g/mol. The van der Waals surface area contributed by atoms with E-state index in [9.17, 15) is 9.59 Å². The summed E-state index contributed by atoms with van der Waals surface area (Å²) in [5.74, 6) is 0.460. The minimum atomic E-state index is -0.242. The van der Waals surface area contributed by atoms with Gasteiger partial charge in [-0.15, -0.1) is 0 Å². The van der Waals surface area contributed by atoms with Crippen LogP contribution >= 0.6 is 0 Å². The van der Waals surface area contributed by atoms with Crippen molar-refractivity contribution < 1.29 is 23.7 Å². The van der Waals surface area contributed by atoms with E-state index in [0.29, 0.717) is 43.8 Å². The molecule has 240 valence electrons. The Hall–Kier alpha value is -5.19. The summed E-state index contributed by atoms with van der Waals surface area (Å²) in [6.07, 6.45) is 2.93. The van der Waals surface area contributed by atoms with Crippen molar-refractivity contribution >= 4 is 22.6 Å². The third-order valence-electron chi connectivity index (χ3n) is 8.61. The first-order valence-corrected chi connectivity index (χ1v) is 15.8. The first-order chi connectivity index (χ1) is 23.1. The van der Waals surface area contributed by atoms with Crippen LogP contribution in [0.15, 0.2) is 102 Å². The van der Waals surface area contributed by atoms with Gasteiger partial charge in [-0.05, 0) is 46.9 Å². The van der Waals surface area contributed by atoms with Crippen LogP contribution in [0.5, 0.6) is 11.8 Å². The highest BCUT2D eigenvalue weighted by Crippen LogP contribution is 2.32. The standard InChI is InChI=1S/C37H36N4O6/c1-44-35(42)21-39-18-16-28(17-19-39)29-12-13-31-33(20-29)40(30-24-45-25-30)37(43)41(31)32-14-15-34(46-22-26-8-4-2-5-9-26)38-36(32)47-23-27-10-6-3-7-11-27/h2-16,20,30H,17-19,21-25H2,1H3. The van der Waals surface area contributed by atoms with Crippen LogP contribution in [0.1, 0.15) is 29.2 Å². The van der Waals surface area contributed by atoms with Crippen LogP contribution in [-0.2, 0) is 27.5 Å². The lowest BCUT2D eigenvalue weighted by Crippen LogP contribution is -2.37. The van der Waals surface area contributed by atoms with Gasteiger partial charge >= 0.3 is 11.7 Å². The van der Waals surface area contributed by atoms with Crippen LogP contribution in [0.3, 0.4) is 0 Å². The molecule has 0 unspecified atom stereocenters. The number of rotatable bonds is 11. The minimum absolute atomic E-state index is 0.0764. The van der Waals surface area contributed by atoms with Gasteiger partial charge in [-0.3, -0.25) is 18.8 Å². The number of imidazole rings is 1. The van der Waals surface area contributed by atoms with Gasteiger partial charge in [0, 0.05) is 19.2 Å². The Morgan fingerprint density at radius 3 is 2.26 bits per heavy atom. The summed E-state index contributed by atoms with van der Waals surface area (Å²) in [6, 6.07) is 29.4. The highest BCUT2D eigenvalue weighted by molar-refractivity contribution is 5.84. The number of fused-ring (bicyclic) bond motifs is 1. The summed E-state index contributed by atoms with van der Waals surface area (Å²) in [7, 11) is 1.41. The van der Waals surface area contributed by atoms with Crippen molar-refractivity contribution in [2.24, 2.45) is 0 Å². The first kappa shape index (κ1) is 30.5. The number of nitrogens with zero attached hydrogens (tertiary/aromatic N) is 4. The van der Waals surface area contributed by atoms with E-state index in [4.69, 9.17) is 23.9 Å². The molecule has 10 nitrogen and oxygen atoms in total. The number of benzene rings is 3. The van der Waals surface area contributed by atoms with Gasteiger partial charge in [0.15, 0.2) is 0 Å². The molecule has 3 aromatic carbocycles. The number of carbonyl (C=O) groups excluding carboxylic acids is 1. The summed E-state index contributed by atoms with van der Waals surface area (Å²) >= 11 is 0. The smallest absolute Gasteiger partial charge is 0.334 e. The van der Waals surface area contributed by atoms with E-state index in [0.717, 1.165) is 40.7 Å². The maximum Gasteiger partial charge on any atom is 0.334 e. The fourth-order valence-corrected chi connectivity index (χ4v) is 5.97. The molecule has 0 radical (unpaired) electrons. The Bertz CT molecular complexity index is 1960. The molecule has 0 aliphatic carbocycles. The van der Waals surface area contributed by atoms with Crippen LogP contribution < -0.4 is 15.2 Å². The van der Waals surface area contributed by atoms with E-state index in [-0.39, 0.29) is 30.9 Å². The van der Waals surface area contributed by atoms with E-state index >= 15 is 0 Å². The maximum atomic E-state index is 14.3. The topological polar surface area (TPSA) is 97.1 Å². The second-order valence-electron chi connectivity index (χ2n) is 11.7. The van der Waals surface area contributed by atoms with Gasteiger partial charge in [-0.2, -0.15) is 4.98 Å². The average Bonchev–Trinajstić information content (AvgIpc) is 3.37. The molecule has 1 fully saturated rings. The molecule has 2 aliphatic rings. The quantitative estimate of drug-likeness (QED) is 0.184. The van der Waals surface area contributed by atoms with E-state index in [1.165, 1.54) is 12.7 Å². The molecule has 5 aromatic rings. The Balaban J connectivity index is 1.26. The molecule has 2 aliphatic heterocycles. The number of esters is 1. The highest BCUT2D eigenvalue weighted by atomic mass is 16.5. The van der Waals surface area contributed by atoms with Crippen LogP contribution in [0.25, 0.3) is 22.3 Å². The zero-order valence-electron chi connectivity index (χ0n) is 26.2. The van der Waals surface area contributed by atoms with Gasteiger partial charge in [-0.25, -0.2) is 4.79 Å². The lowest BCUT2D eigenvalue weighted by molar-refractivity contribution is -0.141. The van der Waals surface area contributed by atoms with Gasteiger partial charge in [0.05, 0.1) is 43.9 Å². The van der Waals surface area contributed by atoms with Crippen molar-refractivity contribution in [2.75, 3.05) is 40.0 Å². The number of carbonyl (C=O) groups is 1. The number of hydrogen-bond acceptors (Lipinski definition) is 8. The van der Waals surface area contributed by atoms with E-state index in [1.54, 1.807) is 10.6 Å². The molecule has 0 spiro atoms. The van der Waals surface area contributed by atoms with Crippen LogP contribution in [0, 0.1) is 0 Å². The van der Waals surface area contributed by atoms with E-state index in [2.05, 4.69) is 23.1 Å². The number of hydrogen-bond donors (Lipinski definition) is 0. The molecule has 10 heteroatoms. The van der Waals surface area contributed by atoms with Gasteiger partial charge in [0.2, 0.25) is 11.8 Å². The number of pyridine rings is 1. The van der Waals surface area contributed by atoms with Crippen molar-refractivity contribution in [1.82, 2.24) is 19.0 Å². The van der Waals surface area contributed by atoms with Crippen LogP contribution in [0.4, 0.5) is 0 Å². The molecule has 0 N–H and O–H groups in total. The normalized spacial score (nSPS) is 15.2. The largest absolute Gasteiger partial charge is 0.473 e. The van der Waals surface area contributed by atoms with Crippen molar-refractivity contribution in [3.63, 3.8) is 0 Å². The minimum Gasteiger partial charge on any atom is -0.473 e. The predicted molar refractivity (Wildman–Crippen MR) is 178 cm³/mol. The van der Waals surface area contributed by atoms with E-state index in [1.807, 2.05) is 77.4 Å². The summed E-state index contributed by atoms with van der Waals surface area (Å²) in [5.41, 5.74) is 6.14. The number of methoxy groups -OCH3 is 1. The van der Waals surface area contributed by atoms with Crippen molar-refractivity contribution in [3.05, 3.63) is 124 Å². The molecule has 0 saturated carbocycles. The number of ether oxygens (including phenoxy) is 4. The number of aromatic nitrogens is 3. The second-order valence-corrected chi connectivity index (χ2v) is 11.7. The molecule has 47 heavy (non-hydrogen) atoms. The fraction of sp³-hybridized carbons (Fsp3) is 0.270. The molecule has 7 rings (SSSR count). The molecular weight excluding hydrogens is 596 g/mol. The molecule has 2 aromatic heterocycles. The lowest BCUT2D eigenvalue weighted by atomic mass is 9.99. The molecule has 0 amide bonds. The molecule has 4 heterocycles. The monoisotopic (exact) mass is 632 g/mol. The molecule has 1 saturated heterocycles. The summed E-state index contributed by atoms with van der Waals surface area (Å²) in [5, 5.41) is 0. The summed E-state index contributed by atoms with van der Waals surface area (Å²) in [4.78, 5) is 32.9. The lowest BCUT2D eigenvalue weighted by Gasteiger charge is -2.27. The molecule has 0 bridgehead atoms. The highest BCUT2D eigenvalue weighted by Gasteiger charge is 2.29. The Kier molecular flexibility index (Phi) is 8.85. The zero-order chi connectivity index (χ0) is 32.2. The fourth-order valence-electron chi connectivity index (χ4n) is 5.97. The summed E-state index contributed by atoms with van der Waals surface area (Å²) < 4.78 is 26.2. The Labute approximate surface area is 272 Å². The first-order valence-electron chi connectivity index (χ1n) is 15.8. The van der Waals surface area contributed by atoms with Crippen molar-refractivity contribution in [1.29, 1.82) is 0 Å². The van der Waals surface area contributed by atoms with Gasteiger partial charge in [-0.1, -0.05) is 72.8 Å². The Morgan fingerprint density at radius 1 is 0.894 bits per heavy atom. The Morgan fingerprint density at radius 2 is 1.62 bits per heavy atom. The van der Waals surface area contributed by atoms with Crippen LogP contribution in [-0.4, -0.2) is 64.9 Å².